The zero-order valence-electron chi connectivity index (χ0n) is 21.1. The molecule has 0 saturated carbocycles. The summed E-state index contributed by atoms with van der Waals surface area (Å²) in [6, 6.07) is 29.0. The molecule has 3 aromatic carbocycles. The maximum atomic E-state index is 12.1. The molecule has 1 fully saturated rings. The number of aliphatic hydroxyl groups is 1. The predicted molar refractivity (Wildman–Crippen MR) is 139 cm³/mol. The number of hydrogen-bond acceptors (Lipinski definition) is 6. The summed E-state index contributed by atoms with van der Waals surface area (Å²) in [5, 5.41) is 13.1. The lowest BCUT2D eigenvalue weighted by atomic mass is 9.92. The molecule has 1 heterocycles. The zero-order chi connectivity index (χ0) is 25.9. The molecule has 1 aliphatic rings. The van der Waals surface area contributed by atoms with Crippen molar-refractivity contribution in [2.75, 3.05) is 13.2 Å². The van der Waals surface area contributed by atoms with Gasteiger partial charge in [0.25, 0.3) is 0 Å². The standard InChI is InChI=1S/C30H35NO6/c1-22(33)31-28-26(17-32)37-27(21-34-18-23-11-5-2-6-12-23)29(35-19-24-13-7-3-8-14-24)30(28)36-20-25-15-9-4-10-16-25/h2-16,26-30,32H,17-21H2,1H3,(H,31,33)/t26?,27?,28?,29-,30-/m0/s1. The zero-order valence-corrected chi connectivity index (χ0v) is 21.1. The van der Waals surface area contributed by atoms with Crippen molar-refractivity contribution in [3.05, 3.63) is 108 Å². The summed E-state index contributed by atoms with van der Waals surface area (Å²) in [6.45, 7) is 2.48. The summed E-state index contributed by atoms with van der Waals surface area (Å²) in [6.07, 6.45) is -2.33. The van der Waals surface area contributed by atoms with E-state index < -0.39 is 30.5 Å². The van der Waals surface area contributed by atoms with Gasteiger partial charge in [-0.15, -0.1) is 0 Å². The van der Waals surface area contributed by atoms with E-state index in [1.54, 1.807) is 0 Å². The number of carbonyl (C=O) groups excluding carboxylic acids is 1. The second-order valence-corrected chi connectivity index (χ2v) is 9.15. The second-order valence-electron chi connectivity index (χ2n) is 9.15. The lowest BCUT2D eigenvalue weighted by Crippen LogP contribution is -2.66. The Morgan fingerprint density at radius 1 is 0.757 bits per heavy atom. The number of benzene rings is 3. The molecule has 3 unspecified atom stereocenters. The van der Waals surface area contributed by atoms with Gasteiger partial charge in [-0.3, -0.25) is 4.79 Å². The van der Waals surface area contributed by atoms with E-state index in [0.29, 0.717) is 19.8 Å². The molecule has 0 aromatic heterocycles. The average molecular weight is 506 g/mol. The molecule has 1 saturated heterocycles. The number of carbonyl (C=O) groups is 1. The fourth-order valence-electron chi connectivity index (χ4n) is 4.52. The van der Waals surface area contributed by atoms with Crippen LogP contribution in [0.3, 0.4) is 0 Å². The molecular formula is C30H35NO6. The van der Waals surface area contributed by atoms with Crippen LogP contribution in [0, 0.1) is 0 Å². The Bertz CT molecular complexity index is 1070. The Morgan fingerprint density at radius 3 is 1.73 bits per heavy atom. The first kappa shape index (κ1) is 27.0. The van der Waals surface area contributed by atoms with E-state index in [0.717, 1.165) is 16.7 Å². The minimum Gasteiger partial charge on any atom is -0.394 e. The first-order chi connectivity index (χ1) is 18.1. The van der Waals surface area contributed by atoms with Crippen molar-refractivity contribution in [3.63, 3.8) is 0 Å². The first-order valence-corrected chi connectivity index (χ1v) is 12.6. The number of hydrogen-bond donors (Lipinski definition) is 2. The van der Waals surface area contributed by atoms with Crippen LogP contribution in [0.2, 0.25) is 0 Å². The van der Waals surface area contributed by atoms with Gasteiger partial charge in [-0.05, 0) is 16.7 Å². The van der Waals surface area contributed by atoms with Gasteiger partial charge in [0.15, 0.2) is 0 Å². The molecule has 3 aromatic rings. The van der Waals surface area contributed by atoms with Crippen molar-refractivity contribution in [2.24, 2.45) is 0 Å². The summed E-state index contributed by atoms with van der Waals surface area (Å²) < 4.78 is 25.2. The van der Waals surface area contributed by atoms with Gasteiger partial charge >= 0.3 is 0 Å². The molecule has 7 heteroatoms. The Labute approximate surface area is 218 Å². The normalized spacial score (nSPS) is 23.5. The summed E-state index contributed by atoms with van der Waals surface area (Å²) >= 11 is 0. The number of amides is 1. The maximum Gasteiger partial charge on any atom is 0.217 e. The fourth-order valence-corrected chi connectivity index (χ4v) is 4.52. The summed E-state index contributed by atoms with van der Waals surface area (Å²) in [7, 11) is 0. The highest BCUT2D eigenvalue weighted by Crippen LogP contribution is 2.28. The molecule has 196 valence electrons. The van der Waals surface area contributed by atoms with Crippen molar-refractivity contribution in [1.29, 1.82) is 0 Å². The third-order valence-electron chi connectivity index (χ3n) is 6.31. The summed E-state index contributed by atoms with van der Waals surface area (Å²) in [5.74, 6) is -0.235. The van der Waals surface area contributed by atoms with Crippen molar-refractivity contribution >= 4 is 5.91 Å². The highest BCUT2D eigenvalue weighted by molar-refractivity contribution is 5.73. The number of ether oxygens (including phenoxy) is 4. The minimum absolute atomic E-state index is 0.235. The third-order valence-corrected chi connectivity index (χ3v) is 6.31. The molecule has 4 rings (SSSR count). The van der Waals surface area contributed by atoms with E-state index in [-0.39, 0.29) is 19.1 Å². The largest absolute Gasteiger partial charge is 0.394 e. The molecule has 0 aliphatic carbocycles. The van der Waals surface area contributed by atoms with Crippen molar-refractivity contribution in [1.82, 2.24) is 5.32 Å². The maximum absolute atomic E-state index is 12.1. The van der Waals surface area contributed by atoms with E-state index >= 15 is 0 Å². The molecule has 1 aliphatic heterocycles. The molecule has 1 amide bonds. The van der Waals surface area contributed by atoms with Crippen molar-refractivity contribution in [3.8, 4) is 0 Å². The number of aliphatic hydroxyl groups excluding tert-OH is 1. The Hall–Kier alpha value is -3.07. The van der Waals surface area contributed by atoms with Crippen molar-refractivity contribution < 1.29 is 28.8 Å². The number of nitrogens with one attached hydrogen (secondary N) is 1. The molecule has 5 atom stereocenters. The van der Waals surface area contributed by atoms with E-state index in [4.69, 9.17) is 18.9 Å². The first-order valence-electron chi connectivity index (χ1n) is 12.6. The van der Waals surface area contributed by atoms with Gasteiger partial charge in [0.1, 0.15) is 24.4 Å². The lowest BCUT2D eigenvalue weighted by Gasteiger charge is -2.46. The molecule has 37 heavy (non-hydrogen) atoms. The SMILES string of the molecule is CC(=O)NC1C(CO)OC(COCc2ccccc2)[C@H](OCc2ccccc2)[C@H]1OCc1ccccc1. The van der Waals surface area contributed by atoms with Gasteiger partial charge in [-0.2, -0.15) is 0 Å². The fraction of sp³-hybridized carbons (Fsp3) is 0.367. The van der Waals surface area contributed by atoms with Crippen LogP contribution in [0.4, 0.5) is 0 Å². The Balaban J connectivity index is 1.56. The van der Waals surface area contributed by atoms with Crippen LogP contribution in [0.25, 0.3) is 0 Å². The van der Waals surface area contributed by atoms with Crippen LogP contribution in [0.15, 0.2) is 91.0 Å². The molecule has 0 radical (unpaired) electrons. The lowest BCUT2D eigenvalue weighted by molar-refractivity contribution is -0.237. The smallest absolute Gasteiger partial charge is 0.217 e. The van der Waals surface area contributed by atoms with Gasteiger partial charge in [-0.1, -0.05) is 91.0 Å². The second kappa shape index (κ2) is 14.0. The van der Waals surface area contributed by atoms with Gasteiger partial charge in [0, 0.05) is 6.92 Å². The van der Waals surface area contributed by atoms with Gasteiger partial charge in [0.2, 0.25) is 5.91 Å². The molecular weight excluding hydrogens is 470 g/mol. The quantitative estimate of drug-likeness (QED) is 0.391. The Kier molecular flexibility index (Phi) is 10.2. The summed E-state index contributed by atoms with van der Waals surface area (Å²) in [4.78, 5) is 12.1. The highest BCUT2D eigenvalue weighted by atomic mass is 16.6. The number of rotatable bonds is 12. The summed E-state index contributed by atoms with van der Waals surface area (Å²) in [5.41, 5.74) is 3.05. The van der Waals surface area contributed by atoms with Crippen LogP contribution in [0.5, 0.6) is 0 Å². The topological polar surface area (TPSA) is 86.3 Å². The molecule has 0 spiro atoms. The molecule has 7 nitrogen and oxygen atoms in total. The monoisotopic (exact) mass is 505 g/mol. The van der Waals surface area contributed by atoms with Crippen LogP contribution >= 0.6 is 0 Å². The average Bonchev–Trinajstić information content (AvgIpc) is 2.93. The Morgan fingerprint density at radius 2 is 1.24 bits per heavy atom. The minimum atomic E-state index is -0.674. The van der Waals surface area contributed by atoms with E-state index in [2.05, 4.69) is 5.32 Å². The highest BCUT2D eigenvalue weighted by Gasteiger charge is 2.47. The van der Waals surface area contributed by atoms with Gasteiger partial charge < -0.3 is 29.4 Å². The van der Waals surface area contributed by atoms with Crippen LogP contribution in [-0.4, -0.2) is 54.7 Å². The van der Waals surface area contributed by atoms with E-state index in [1.807, 2.05) is 91.0 Å². The van der Waals surface area contributed by atoms with Crippen LogP contribution < -0.4 is 5.32 Å². The molecule has 0 bridgehead atoms. The third kappa shape index (κ3) is 7.95. The van der Waals surface area contributed by atoms with Gasteiger partial charge in [-0.25, -0.2) is 0 Å². The van der Waals surface area contributed by atoms with Gasteiger partial charge in [0.05, 0.1) is 39.1 Å². The van der Waals surface area contributed by atoms with Crippen LogP contribution in [-0.2, 0) is 43.6 Å². The molecule has 2 N–H and O–H groups in total. The van der Waals surface area contributed by atoms with Crippen molar-refractivity contribution in [2.45, 2.75) is 57.2 Å². The van der Waals surface area contributed by atoms with E-state index in [9.17, 15) is 9.90 Å². The van der Waals surface area contributed by atoms with E-state index in [1.165, 1.54) is 6.92 Å². The predicted octanol–water partition coefficient (Wildman–Crippen LogP) is 3.64. The van der Waals surface area contributed by atoms with Crippen LogP contribution in [0.1, 0.15) is 23.6 Å².